The van der Waals surface area contributed by atoms with Crippen molar-refractivity contribution in [2.45, 2.75) is 25.9 Å². The summed E-state index contributed by atoms with van der Waals surface area (Å²) >= 11 is 0. The molecule has 2 aromatic heterocycles. The summed E-state index contributed by atoms with van der Waals surface area (Å²) in [5.74, 6) is 1.45. The highest BCUT2D eigenvalue weighted by Crippen LogP contribution is 2.25. The zero-order valence-corrected chi connectivity index (χ0v) is 16.4. The van der Waals surface area contributed by atoms with Gasteiger partial charge in [0.2, 0.25) is 5.88 Å². The fraction of sp³-hybridized carbons (Fsp3) is 0.429. The molecular formula is C21H26N4O3. The second kappa shape index (κ2) is 8.58. The molecule has 0 unspecified atom stereocenters. The molecular weight excluding hydrogens is 356 g/mol. The van der Waals surface area contributed by atoms with E-state index in [0.717, 1.165) is 41.4 Å². The first-order valence-corrected chi connectivity index (χ1v) is 9.65. The summed E-state index contributed by atoms with van der Waals surface area (Å²) in [6.45, 7) is 3.34. The molecule has 3 aromatic rings. The van der Waals surface area contributed by atoms with Crippen molar-refractivity contribution < 1.29 is 14.2 Å². The van der Waals surface area contributed by atoms with Crippen LogP contribution in [0.5, 0.6) is 11.6 Å². The first-order valence-electron chi connectivity index (χ1n) is 9.65. The Hall–Kier alpha value is -2.64. The molecule has 0 saturated carbocycles. The van der Waals surface area contributed by atoms with Gasteiger partial charge >= 0.3 is 0 Å². The fourth-order valence-corrected chi connectivity index (χ4v) is 3.49. The van der Waals surface area contributed by atoms with Gasteiger partial charge in [-0.3, -0.25) is 4.90 Å². The predicted octanol–water partition coefficient (Wildman–Crippen LogP) is 3.37. The van der Waals surface area contributed by atoms with Crippen molar-refractivity contribution in [2.75, 3.05) is 34.0 Å². The number of aromatic nitrogens is 3. The molecule has 1 aromatic carbocycles. The Kier molecular flexibility index (Phi) is 5.73. The van der Waals surface area contributed by atoms with E-state index in [1.54, 1.807) is 18.7 Å². The molecule has 148 valence electrons. The number of benzene rings is 1. The van der Waals surface area contributed by atoms with Crippen molar-refractivity contribution in [2.24, 2.45) is 0 Å². The molecule has 0 bridgehead atoms. The van der Waals surface area contributed by atoms with Crippen LogP contribution in [-0.4, -0.2) is 53.5 Å². The number of hydrogen-bond donors (Lipinski definition) is 0. The van der Waals surface area contributed by atoms with Crippen LogP contribution in [0.4, 0.5) is 0 Å². The summed E-state index contributed by atoms with van der Waals surface area (Å²) in [5, 5.41) is 4.59. The zero-order chi connectivity index (χ0) is 19.3. The summed E-state index contributed by atoms with van der Waals surface area (Å²) in [5.41, 5.74) is 3.40. The number of likely N-dealkylation sites (tertiary alicyclic amines) is 1. The Morgan fingerprint density at radius 3 is 2.46 bits per heavy atom. The van der Waals surface area contributed by atoms with Crippen LogP contribution in [-0.2, 0) is 11.3 Å². The van der Waals surface area contributed by atoms with Crippen LogP contribution in [0, 0.1) is 0 Å². The Morgan fingerprint density at radius 1 is 0.964 bits per heavy atom. The van der Waals surface area contributed by atoms with Crippen LogP contribution in [0.15, 0.2) is 36.4 Å². The number of methoxy groups -OCH3 is 2. The van der Waals surface area contributed by atoms with E-state index < -0.39 is 0 Å². The van der Waals surface area contributed by atoms with Crippen molar-refractivity contribution in [3.63, 3.8) is 0 Å². The number of hydrogen-bond acceptors (Lipinski definition) is 6. The summed E-state index contributed by atoms with van der Waals surface area (Å²) in [7, 11) is 3.30. The topological polar surface area (TPSA) is 61.1 Å². The van der Waals surface area contributed by atoms with E-state index in [0.29, 0.717) is 19.2 Å². The van der Waals surface area contributed by atoms with E-state index in [4.69, 9.17) is 19.2 Å². The second-order valence-corrected chi connectivity index (χ2v) is 6.97. The molecule has 7 nitrogen and oxygen atoms in total. The molecule has 1 fully saturated rings. The molecule has 0 atom stereocenters. The standard InChI is InChI=1S/C21H26N4O3/c1-26-18-8-6-16(7-9-18)19-13-21(27-2)25-20(22-19)12-17(23-25)14-28-15-24-10-4-3-5-11-24/h6-9,12-13H,3-5,10-11,14-15H2,1-2H3. The van der Waals surface area contributed by atoms with Gasteiger partial charge in [0.15, 0.2) is 5.65 Å². The van der Waals surface area contributed by atoms with Crippen LogP contribution in [0.25, 0.3) is 16.9 Å². The minimum absolute atomic E-state index is 0.459. The molecule has 0 spiro atoms. The van der Waals surface area contributed by atoms with Gasteiger partial charge in [-0.05, 0) is 37.1 Å². The largest absolute Gasteiger partial charge is 0.497 e. The van der Waals surface area contributed by atoms with Gasteiger partial charge in [0, 0.05) is 30.8 Å². The van der Waals surface area contributed by atoms with Gasteiger partial charge in [0.05, 0.1) is 38.9 Å². The number of fused-ring (bicyclic) bond motifs is 1. The fourth-order valence-electron chi connectivity index (χ4n) is 3.49. The van der Waals surface area contributed by atoms with Crippen molar-refractivity contribution >= 4 is 5.65 Å². The van der Waals surface area contributed by atoms with Crippen LogP contribution in [0.1, 0.15) is 25.0 Å². The minimum atomic E-state index is 0.459. The monoisotopic (exact) mass is 382 g/mol. The third-order valence-corrected chi connectivity index (χ3v) is 5.01. The van der Waals surface area contributed by atoms with E-state index in [-0.39, 0.29) is 0 Å². The Morgan fingerprint density at radius 2 is 1.75 bits per heavy atom. The number of piperidine rings is 1. The minimum Gasteiger partial charge on any atom is -0.497 e. The van der Waals surface area contributed by atoms with Crippen molar-refractivity contribution in [1.29, 1.82) is 0 Å². The van der Waals surface area contributed by atoms with E-state index in [9.17, 15) is 0 Å². The smallest absolute Gasteiger partial charge is 0.218 e. The van der Waals surface area contributed by atoms with E-state index in [1.807, 2.05) is 36.4 Å². The normalized spacial score (nSPS) is 15.1. The van der Waals surface area contributed by atoms with Gasteiger partial charge in [0.1, 0.15) is 5.75 Å². The van der Waals surface area contributed by atoms with Crippen LogP contribution >= 0.6 is 0 Å². The first kappa shape index (κ1) is 18.7. The molecule has 1 aliphatic rings. The van der Waals surface area contributed by atoms with Gasteiger partial charge in [0.25, 0.3) is 0 Å². The van der Waals surface area contributed by atoms with Gasteiger partial charge in [-0.2, -0.15) is 9.61 Å². The highest BCUT2D eigenvalue weighted by molar-refractivity contribution is 5.64. The average molecular weight is 382 g/mol. The molecule has 0 amide bonds. The van der Waals surface area contributed by atoms with E-state index >= 15 is 0 Å². The van der Waals surface area contributed by atoms with Gasteiger partial charge in [-0.1, -0.05) is 6.42 Å². The number of nitrogens with zero attached hydrogens (tertiary/aromatic N) is 4. The van der Waals surface area contributed by atoms with Gasteiger partial charge in [-0.25, -0.2) is 4.98 Å². The Bertz CT molecular complexity index is 917. The van der Waals surface area contributed by atoms with Gasteiger partial charge < -0.3 is 14.2 Å². The summed E-state index contributed by atoms with van der Waals surface area (Å²) in [4.78, 5) is 7.09. The zero-order valence-electron chi connectivity index (χ0n) is 16.4. The maximum Gasteiger partial charge on any atom is 0.218 e. The molecule has 1 aliphatic heterocycles. The molecule has 7 heteroatoms. The maximum atomic E-state index is 5.87. The summed E-state index contributed by atoms with van der Waals surface area (Å²) in [6.07, 6.45) is 3.84. The lowest BCUT2D eigenvalue weighted by atomic mass is 10.1. The van der Waals surface area contributed by atoms with Crippen molar-refractivity contribution in [1.82, 2.24) is 19.5 Å². The van der Waals surface area contributed by atoms with E-state index in [1.165, 1.54) is 19.3 Å². The Balaban J connectivity index is 1.52. The van der Waals surface area contributed by atoms with Crippen molar-refractivity contribution in [3.8, 4) is 22.9 Å². The summed E-state index contributed by atoms with van der Waals surface area (Å²) < 4.78 is 18.3. The Labute approximate surface area is 164 Å². The molecule has 0 aliphatic carbocycles. The molecule has 28 heavy (non-hydrogen) atoms. The highest BCUT2D eigenvalue weighted by atomic mass is 16.5. The number of rotatable bonds is 7. The lowest BCUT2D eigenvalue weighted by Crippen LogP contribution is -2.31. The molecule has 0 N–H and O–H groups in total. The van der Waals surface area contributed by atoms with E-state index in [2.05, 4.69) is 10.00 Å². The third kappa shape index (κ3) is 4.10. The number of ether oxygens (including phenoxy) is 3. The average Bonchev–Trinajstić information content (AvgIpc) is 3.16. The van der Waals surface area contributed by atoms with Gasteiger partial charge in [-0.15, -0.1) is 0 Å². The quantitative estimate of drug-likeness (QED) is 0.624. The summed E-state index contributed by atoms with van der Waals surface area (Å²) in [6, 6.07) is 11.6. The van der Waals surface area contributed by atoms with Crippen molar-refractivity contribution in [3.05, 3.63) is 42.1 Å². The maximum absolute atomic E-state index is 5.87. The third-order valence-electron chi connectivity index (χ3n) is 5.01. The lowest BCUT2D eigenvalue weighted by Gasteiger charge is -2.25. The highest BCUT2D eigenvalue weighted by Gasteiger charge is 2.13. The van der Waals surface area contributed by atoms with Crippen LogP contribution < -0.4 is 9.47 Å². The molecule has 3 heterocycles. The second-order valence-electron chi connectivity index (χ2n) is 6.97. The molecule has 4 rings (SSSR count). The molecule has 0 radical (unpaired) electrons. The van der Waals surface area contributed by atoms with Crippen LogP contribution in [0.3, 0.4) is 0 Å². The molecule has 1 saturated heterocycles. The van der Waals surface area contributed by atoms with Crippen LogP contribution in [0.2, 0.25) is 0 Å². The predicted molar refractivity (Wildman–Crippen MR) is 107 cm³/mol. The first-order chi connectivity index (χ1) is 13.8. The SMILES string of the molecule is COc1ccc(-c2cc(OC)n3nc(COCN4CCCCC4)cc3n2)cc1. The lowest BCUT2D eigenvalue weighted by molar-refractivity contribution is 0.00840.